The van der Waals surface area contributed by atoms with Crippen molar-refractivity contribution in [1.82, 2.24) is 4.90 Å². The maximum atomic E-state index is 8.96. The highest BCUT2D eigenvalue weighted by Crippen LogP contribution is 2.10. The molecule has 0 spiro atoms. The molecule has 1 rings (SSSR count). The van der Waals surface area contributed by atoms with Crippen LogP contribution in [0.1, 0.15) is 6.92 Å². The molecule has 1 saturated heterocycles. The largest absolute Gasteiger partial charge is 0.394 e. The van der Waals surface area contributed by atoms with E-state index in [1.165, 1.54) is 5.54 Å². The fourth-order valence-electron chi connectivity index (χ4n) is 1.58. The van der Waals surface area contributed by atoms with Crippen LogP contribution < -0.4 is 0 Å². The van der Waals surface area contributed by atoms with Gasteiger partial charge in [-0.05, 0) is 6.92 Å². The van der Waals surface area contributed by atoms with Crippen molar-refractivity contribution in [1.29, 1.82) is 0 Å². The summed E-state index contributed by atoms with van der Waals surface area (Å²) < 4.78 is 5.50. The van der Waals surface area contributed by atoms with Gasteiger partial charge in [-0.2, -0.15) is 0 Å². The van der Waals surface area contributed by atoms with Crippen LogP contribution in [0.4, 0.5) is 0 Å². The monoisotopic (exact) mass is 205 g/mol. The lowest BCUT2D eigenvalue weighted by Crippen LogP contribution is -2.47. The first-order valence-electron chi connectivity index (χ1n) is 4.50. The van der Waals surface area contributed by atoms with Crippen LogP contribution in [0, 0.1) is 0 Å². The van der Waals surface area contributed by atoms with E-state index in [1.54, 1.807) is 0 Å². The summed E-state index contributed by atoms with van der Waals surface area (Å²) in [5, 5.41) is 8.96. The summed E-state index contributed by atoms with van der Waals surface area (Å²) in [6.07, 6.45) is 2.04. The van der Waals surface area contributed by atoms with Gasteiger partial charge in [0, 0.05) is 25.2 Å². The van der Waals surface area contributed by atoms with E-state index in [9.17, 15) is 0 Å². The standard InChI is InChI=1S/C9H16ClNO2/c1-8-5-11(4-2-3-10)6-9(7-12)13-8/h2-3,8-9,12H,4-7H2,1H3/b3-2+. The molecule has 0 aromatic heterocycles. The van der Waals surface area contributed by atoms with E-state index in [-0.39, 0.29) is 18.8 Å². The molecule has 13 heavy (non-hydrogen) atoms. The van der Waals surface area contributed by atoms with Gasteiger partial charge in [0.1, 0.15) is 0 Å². The lowest BCUT2D eigenvalue weighted by atomic mass is 10.2. The molecular weight excluding hydrogens is 190 g/mol. The minimum atomic E-state index is -0.0486. The third-order valence-corrected chi connectivity index (χ3v) is 2.24. The van der Waals surface area contributed by atoms with E-state index in [0.29, 0.717) is 0 Å². The van der Waals surface area contributed by atoms with Crippen LogP contribution in [0.2, 0.25) is 0 Å². The average molecular weight is 206 g/mol. The molecule has 76 valence electrons. The van der Waals surface area contributed by atoms with Crippen LogP contribution in [0.25, 0.3) is 0 Å². The van der Waals surface area contributed by atoms with Crippen LogP contribution in [0.5, 0.6) is 0 Å². The number of halogens is 1. The van der Waals surface area contributed by atoms with E-state index in [1.807, 2.05) is 13.0 Å². The molecule has 0 saturated carbocycles. The number of hydrogen-bond acceptors (Lipinski definition) is 3. The molecule has 0 amide bonds. The number of aliphatic hydroxyl groups is 1. The van der Waals surface area contributed by atoms with E-state index >= 15 is 0 Å². The van der Waals surface area contributed by atoms with E-state index in [4.69, 9.17) is 21.4 Å². The summed E-state index contributed by atoms with van der Waals surface area (Å²) >= 11 is 5.44. The molecule has 1 aliphatic heterocycles. The Morgan fingerprint density at radius 2 is 2.38 bits per heavy atom. The lowest BCUT2D eigenvalue weighted by molar-refractivity contribution is -0.0923. The minimum absolute atomic E-state index is 0.0486. The van der Waals surface area contributed by atoms with Gasteiger partial charge in [-0.1, -0.05) is 17.7 Å². The maximum absolute atomic E-state index is 8.96. The highest BCUT2D eigenvalue weighted by atomic mass is 35.5. The highest BCUT2D eigenvalue weighted by molar-refractivity contribution is 6.25. The molecule has 2 atom stereocenters. The Morgan fingerprint density at radius 3 is 3.00 bits per heavy atom. The fraction of sp³-hybridized carbons (Fsp3) is 0.778. The molecule has 3 nitrogen and oxygen atoms in total. The molecule has 1 N–H and O–H groups in total. The van der Waals surface area contributed by atoms with E-state index in [2.05, 4.69) is 4.90 Å². The van der Waals surface area contributed by atoms with E-state index in [0.717, 1.165) is 19.6 Å². The Hall–Kier alpha value is -0.0900. The van der Waals surface area contributed by atoms with Gasteiger partial charge >= 0.3 is 0 Å². The second-order valence-corrected chi connectivity index (χ2v) is 3.58. The fourth-order valence-corrected chi connectivity index (χ4v) is 1.66. The Kier molecular flexibility index (Phi) is 4.73. The number of hydrogen-bond donors (Lipinski definition) is 1. The zero-order chi connectivity index (χ0) is 9.68. The van der Waals surface area contributed by atoms with Gasteiger partial charge in [0.25, 0.3) is 0 Å². The zero-order valence-electron chi connectivity index (χ0n) is 7.82. The third-order valence-electron chi connectivity index (χ3n) is 2.06. The predicted molar refractivity (Wildman–Crippen MR) is 52.9 cm³/mol. The number of rotatable bonds is 3. The second kappa shape index (κ2) is 5.60. The summed E-state index contributed by atoms with van der Waals surface area (Å²) in [6.45, 7) is 4.61. The van der Waals surface area contributed by atoms with Crippen LogP contribution in [0.3, 0.4) is 0 Å². The zero-order valence-corrected chi connectivity index (χ0v) is 8.57. The smallest absolute Gasteiger partial charge is 0.0936 e. The van der Waals surface area contributed by atoms with Gasteiger partial charge in [-0.25, -0.2) is 0 Å². The second-order valence-electron chi connectivity index (χ2n) is 3.33. The van der Waals surface area contributed by atoms with Crippen LogP contribution in [-0.2, 0) is 4.74 Å². The van der Waals surface area contributed by atoms with Crippen LogP contribution in [0.15, 0.2) is 11.6 Å². The summed E-state index contributed by atoms with van der Waals surface area (Å²) in [4.78, 5) is 2.22. The normalized spacial score (nSPS) is 31.3. The first-order chi connectivity index (χ1) is 6.26. The topological polar surface area (TPSA) is 32.7 Å². The van der Waals surface area contributed by atoms with Crippen molar-refractivity contribution in [3.8, 4) is 0 Å². The number of nitrogens with zero attached hydrogens (tertiary/aromatic N) is 1. The first-order valence-corrected chi connectivity index (χ1v) is 4.93. The van der Waals surface area contributed by atoms with Crippen molar-refractivity contribution in [2.45, 2.75) is 19.1 Å². The van der Waals surface area contributed by atoms with Gasteiger partial charge in [-0.15, -0.1) is 0 Å². The molecule has 0 aromatic carbocycles. The van der Waals surface area contributed by atoms with Crippen molar-refractivity contribution in [3.05, 3.63) is 11.6 Å². The molecule has 1 fully saturated rings. The molecular formula is C9H16ClNO2. The lowest BCUT2D eigenvalue weighted by Gasteiger charge is -2.35. The summed E-state index contributed by atoms with van der Waals surface area (Å²) in [7, 11) is 0. The van der Waals surface area contributed by atoms with Crippen LogP contribution in [-0.4, -0.2) is 48.5 Å². The number of ether oxygens (including phenoxy) is 1. The van der Waals surface area contributed by atoms with Crippen molar-refractivity contribution in [2.75, 3.05) is 26.2 Å². The highest BCUT2D eigenvalue weighted by Gasteiger charge is 2.23. The van der Waals surface area contributed by atoms with Gasteiger partial charge < -0.3 is 9.84 Å². The first kappa shape index (κ1) is 11.0. The van der Waals surface area contributed by atoms with Crippen molar-refractivity contribution < 1.29 is 9.84 Å². The van der Waals surface area contributed by atoms with Crippen LogP contribution >= 0.6 is 11.6 Å². The summed E-state index contributed by atoms with van der Waals surface area (Å²) in [5.41, 5.74) is 1.52. The summed E-state index contributed by atoms with van der Waals surface area (Å²) in [6, 6.07) is 0. The van der Waals surface area contributed by atoms with Crippen molar-refractivity contribution >= 4 is 11.6 Å². The summed E-state index contributed by atoms with van der Waals surface area (Å²) in [5.74, 6) is 0. The Morgan fingerprint density at radius 1 is 1.62 bits per heavy atom. The SMILES string of the molecule is CC1CN(C/C=C/Cl)CC(CO)O1. The molecule has 1 heterocycles. The minimum Gasteiger partial charge on any atom is -0.394 e. The van der Waals surface area contributed by atoms with Gasteiger partial charge in [-0.3, -0.25) is 4.90 Å². The maximum Gasteiger partial charge on any atom is 0.0936 e. The van der Waals surface area contributed by atoms with Gasteiger partial charge in [0.2, 0.25) is 0 Å². The Bertz CT molecular complexity index is 175. The molecule has 0 bridgehead atoms. The Balaban J connectivity index is 2.37. The predicted octanol–water partition coefficient (Wildman–Crippen LogP) is 0.821. The van der Waals surface area contributed by atoms with E-state index < -0.39 is 0 Å². The van der Waals surface area contributed by atoms with Crippen molar-refractivity contribution in [3.63, 3.8) is 0 Å². The molecule has 0 aliphatic carbocycles. The quantitative estimate of drug-likeness (QED) is 0.741. The average Bonchev–Trinajstić information content (AvgIpc) is 2.14. The molecule has 0 aromatic rings. The van der Waals surface area contributed by atoms with Gasteiger partial charge in [0.05, 0.1) is 18.8 Å². The number of morpholine rings is 1. The van der Waals surface area contributed by atoms with Crippen molar-refractivity contribution in [2.24, 2.45) is 0 Å². The molecule has 4 heteroatoms. The molecule has 1 aliphatic rings. The number of aliphatic hydroxyl groups excluding tert-OH is 1. The Labute approximate surface area is 83.9 Å². The molecule has 0 radical (unpaired) electrons. The molecule has 2 unspecified atom stereocenters. The van der Waals surface area contributed by atoms with Gasteiger partial charge in [0.15, 0.2) is 0 Å². The third kappa shape index (κ3) is 3.65.